The molecule has 2 aromatic carbocycles. The first-order valence-corrected chi connectivity index (χ1v) is 10.2. The fourth-order valence-electron chi connectivity index (χ4n) is 2.65. The van der Waals surface area contributed by atoms with Crippen molar-refractivity contribution in [3.8, 4) is 10.6 Å². The van der Waals surface area contributed by atoms with E-state index in [1.807, 2.05) is 30.3 Å². The fourth-order valence-corrected chi connectivity index (χ4v) is 3.72. The van der Waals surface area contributed by atoms with Gasteiger partial charge in [-0.05, 0) is 76.6 Å². The van der Waals surface area contributed by atoms with Crippen LogP contribution >= 0.6 is 11.3 Å². The van der Waals surface area contributed by atoms with Crippen LogP contribution in [0.2, 0.25) is 0 Å². The minimum atomic E-state index is -0.725. The Kier molecular flexibility index (Phi) is 5.88. The molecule has 29 heavy (non-hydrogen) atoms. The molecule has 2 amide bonds. The van der Waals surface area contributed by atoms with Crippen LogP contribution in [0, 0.1) is 6.92 Å². The third-order valence-corrected chi connectivity index (χ3v) is 5.14. The number of alkyl carbamates (subject to hydrolysis) is 1. The highest BCUT2D eigenvalue weighted by Gasteiger charge is 2.21. The average molecular weight is 412 g/mol. The maximum atomic E-state index is 12.3. The Morgan fingerprint density at radius 3 is 2.45 bits per heavy atom. The maximum Gasteiger partial charge on any atom is 0.408 e. The first kappa shape index (κ1) is 20.8. The molecule has 152 valence electrons. The molecule has 6 nitrogen and oxygen atoms in total. The lowest BCUT2D eigenvalue weighted by Crippen LogP contribution is -2.43. The molecular weight excluding hydrogens is 386 g/mol. The number of carbonyl (C=O) groups excluding carboxylic acids is 2. The summed E-state index contributed by atoms with van der Waals surface area (Å²) in [5.74, 6) is -0.320. The summed E-state index contributed by atoms with van der Waals surface area (Å²) in [5, 5.41) is 6.26. The van der Waals surface area contributed by atoms with Crippen molar-refractivity contribution < 1.29 is 14.3 Å². The van der Waals surface area contributed by atoms with Gasteiger partial charge < -0.3 is 15.4 Å². The number of ether oxygens (including phenoxy) is 1. The van der Waals surface area contributed by atoms with Crippen molar-refractivity contribution >= 4 is 39.2 Å². The molecule has 1 aromatic heterocycles. The topological polar surface area (TPSA) is 80.3 Å². The number of anilines is 1. The molecule has 0 fully saturated rings. The number of nitrogens with zero attached hydrogens (tertiary/aromatic N) is 1. The van der Waals surface area contributed by atoms with Crippen LogP contribution in [0.5, 0.6) is 0 Å². The minimum absolute atomic E-state index is 0.320. The number of fused-ring (bicyclic) bond motifs is 1. The third kappa shape index (κ3) is 5.54. The molecule has 1 unspecified atom stereocenters. The van der Waals surface area contributed by atoms with E-state index in [-0.39, 0.29) is 5.91 Å². The summed E-state index contributed by atoms with van der Waals surface area (Å²) < 4.78 is 6.32. The van der Waals surface area contributed by atoms with Gasteiger partial charge in [0.1, 0.15) is 16.7 Å². The zero-order valence-electron chi connectivity index (χ0n) is 17.2. The van der Waals surface area contributed by atoms with E-state index in [0.717, 1.165) is 20.8 Å². The lowest BCUT2D eigenvalue weighted by atomic mass is 10.2. The van der Waals surface area contributed by atoms with Gasteiger partial charge in [-0.25, -0.2) is 9.78 Å². The first-order chi connectivity index (χ1) is 13.6. The van der Waals surface area contributed by atoms with Crippen LogP contribution in [0.3, 0.4) is 0 Å². The van der Waals surface area contributed by atoms with Crippen molar-refractivity contribution in [2.75, 3.05) is 5.32 Å². The largest absolute Gasteiger partial charge is 0.444 e. The lowest BCUT2D eigenvalue weighted by molar-refractivity contribution is -0.117. The Morgan fingerprint density at radius 1 is 1.10 bits per heavy atom. The maximum absolute atomic E-state index is 12.3. The van der Waals surface area contributed by atoms with Crippen LogP contribution in [0.25, 0.3) is 20.8 Å². The Labute approximate surface area is 174 Å². The molecule has 0 aliphatic heterocycles. The minimum Gasteiger partial charge on any atom is -0.444 e. The van der Waals surface area contributed by atoms with Gasteiger partial charge in [-0.15, -0.1) is 11.3 Å². The van der Waals surface area contributed by atoms with Crippen molar-refractivity contribution in [2.24, 2.45) is 0 Å². The van der Waals surface area contributed by atoms with Gasteiger partial charge in [0, 0.05) is 11.3 Å². The van der Waals surface area contributed by atoms with Crippen molar-refractivity contribution in [1.82, 2.24) is 10.3 Å². The second-order valence-corrected chi connectivity index (χ2v) is 8.96. The summed E-state index contributed by atoms with van der Waals surface area (Å²) in [7, 11) is 0. The molecule has 1 atom stereocenters. The molecule has 0 aliphatic carbocycles. The van der Waals surface area contributed by atoms with Gasteiger partial charge in [0.25, 0.3) is 0 Å². The van der Waals surface area contributed by atoms with E-state index in [4.69, 9.17) is 4.74 Å². The lowest BCUT2D eigenvalue weighted by Gasteiger charge is -2.21. The van der Waals surface area contributed by atoms with E-state index in [9.17, 15) is 9.59 Å². The van der Waals surface area contributed by atoms with E-state index >= 15 is 0 Å². The smallest absolute Gasteiger partial charge is 0.408 e. The van der Waals surface area contributed by atoms with Crippen molar-refractivity contribution in [3.63, 3.8) is 0 Å². The molecule has 0 radical (unpaired) electrons. The van der Waals surface area contributed by atoms with Crippen LogP contribution in [0.15, 0.2) is 42.5 Å². The highest BCUT2D eigenvalue weighted by molar-refractivity contribution is 7.21. The van der Waals surface area contributed by atoms with Gasteiger partial charge in [0.15, 0.2) is 0 Å². The Balaban J connectivity index is 1.63. The SMILES string of the molecule is Cc1ccc2nc(-c3ccc(NC(=O)C(C)NC(=O)OC(C)(C)C)cc3)sc2c1. The van der Waals surface area contributed by atoms with Crippen molar-refractivity contribution in [2.45, 2.75) is 46.3 Å². The predicted molar refractivity (Wildman–Crippen MR) is 117 cm³/mol. The van der Waals surface area contributed by atoms with E-state index in [0.29, 0.717) is 5.69 Å². The number of aryl methyl sites for hydroxylation is 1. The van der Waals surface area contributed by atoms with Gasteiger partial charge in [0.2, 0.25) is 5.91 Å². The number of rotatable bonds is 4. The molecule has 3 rings (SSSR count). The average Bonchev–Trinajstić information content (AvgIpc) is 3.03. The second-order valence-electron chi connectivity index (χ2n) is 7.92. The number of nitrogens with one attached hydrogen (secondary N) is 2. The van der Waals surface area contributed by atoms with Gasteiger partial charge in [-0.3, -0.25) is 4.79 Å². The van der Waals surface area contributed by atoms with E-state index in [1.54, 1.807) is 39.0 Å². The highest BCUT2D eigenvalue weighted by Crippen LogP contribution is 2.31. The third-order valence-electron chi connectivity index (χ3n) is 4.07. The zero-order chi connectivity index (χ0) is 21.2. The van der Waals surface area contributed by atoms with Crippen LogP contribution in [-0.2, 0) is 9.53 Å². The number of benzene rings is 2. The van der Waals surface area contributed by atoms with Crippen molar-refractivity contribution in [3.05, 3.63) is 48.0 Å². The number of carbonyl (C=O) groups is 2. The summed E-state index contributed by atoms with van der Waals surface area (Å²) in [6, 6.07) is 13.0. The monoisotopic (exact) mass is 411 g/mol. The predicted octanol–water partition coefficient (Wildman–Crippen LogP) is 5.12. The summed E-state index contributed by atoms with van der Waals surface area (Å²) >= 11 is 1.64. The van der Waals surface area contributed by atoms with E-state index in [2.05, 4.69) is 34.7 Å². The quantitative estimate of drug-likeness (QED) is 0.624. The molecule has 7 heteroatoms. The molecule has 2 N–H and O–H groups in total. The van der Waals surface area contributed by atoms with Crippen molar-refractivity contribution in [1.29, 1.82) is 0 Å². The van der Waals surface area contributed by atoms with E-state index < -0.39 is 17.7 Å². The molecule has 0 aliphatic rings. The summed E-state index contributed by atoms with van der Waals surface area (Å²) in [5.41, 5.74) is 3.21. The summed E-state index contributed by atoms with van der Waals surface area (Å²) in [4.78, 5) is 28.8. The molecule has 0 saturated heterocycles. The zero-order valence-corrected chi connectivity index (χ0v) is 18.0. The Morgan fingerprint density at radius 2 is 1.79 bits per heavy atom. The van der Waals surface area contributed by atoms with Gasteiger partial charge in [-0.2, -0.15) is 0 Å². The number of thiazole rings is 1. The van der Waals surface area contributed by atoms with Crippen LogP contribution < -0.4 is 10.6 Å². The molecule has 3 aromatic rings. The number of hydrogen-bond donors (Lipinski definition) is 2. The Bertz CT molecular complexity index is 1040. The standard InChI is InChI=1S/C22H25N3O3S/c1-13-6-11-17-18(12-13)29-20(25-17)15-7-9-16(10-8-15)24-19(26)14(2)23-21(27)28-22(3,4)5/h6-12,14H,1-5H3,(H,23,27)(H,24,26). The van der Waals surface area contributed by atoms with Gasteiger partial charge in [-0.1, -0.05) is 6.07 Å². The van der Waals surface area contributed by atoms with Crippen LogP contribution in [0.4, 0.5) is 10.5 Å². The van der Waals surface area contributed by atoms with Gasteiger partial charge in [0.05, 0.1) is 10.2 Å². The highest BCUT2D eigenvalue weighted by atomic mass is 32.1. The fraction of sp³-hybridized carbons (Fsp3) is 0.318. The summed E-state index contributed by atoms with van der Waals surface area (Å²) in [6.07, 6.45) is -0.624. The Hall–Kier alpha value is -2.93. The molecule has 0 spiro atoms. The van der Waals surface area contributed by atoms with E-state index in [1.165, 1.54) is 5.56 Å². The molecule has 0 saturated carbocycles. The summed E-state index contributed by atoms with van der Waals surface area (Å²) in [6.45, 7) is 8.98. The second kappa shape index (κ2) is 8.21. The molecular formula is C22H25N3O3S. The van der Waals surface area contributed by atoms with Crippen LogP contribution in [0.1, 0.15) is 33.3 Å². The van der Waals surface area contributed by atoms with Gasteiger partial charge >= 0.3 is 6.09 Å². The normalized spacial score (nSPS) is 12.4. The number of amides is 2. The first-order valence-electron chi connectivity index (χ1n) is 9.39. The van der Waals surface area contributed by atoms with Crippen LogP contribution in [-0.4, -0.2) is 28.6 Å². The molecule has 0 bridgehead atoms. The molecule has 1 heterocycles. The number of aromatic nitrogens is 1. The number of hydrogen-bond acceptors (Lipinski definition) is 5.